The minimum absolute atomic E-state index is 0.469. The third-order valence-electron chi connectivity index (χ3n) is 2.27. The summed E-state index contributed by atoms with van der Waals surface area (Å²) in [5, 5.41) is 0.601. The Bertz CT molecular complexity index is 513. The van der Waals surface area contributed by atoms with Crippen molar-refractivity contribution in [2.75, 3.05) is 5.73 Å². The molecule has 0 bridgehead atoms. The first kappa shape index (κ1) is 12.3. The summed E-state index contributed by atoms with van der Waals surface area (Å²) in [6, 6.07) is 13.1. The highest BCUT2D eigenvalue weighted by Gasteiger charge is 2.02. The van der Waals surface area contributed by atoms with Gasteiger partial charge in [0.05, 0.1) is 5.02 Å². The average molecular weight is 313 g/mol. The number of anilines is 1. The Morgan fingerprint density at radius 3 is 2.53 bits per heavy atom. The maximum Gasteiger partial charge on any atom is 0.139 e. The van der Waals surface area contributed by atoms with Gasteiger partial charge in [-0.3, -0.25) is 0 Å². The highest BCUT2D eigenvalue weighted by Crippen LogP contribution is 2.28. The van der Waals surface area contributed by atoms with E-state index in [0.29, 0.717) is 17.4 Å². The van der Waals surface area contributed by atoms with Crippen molar-refractivity contribution < 1.29 is 4.74 Å². The molecule has 0 saturated carbocycles. The van der Waals surface area contributed by atoms with Crippen LogP contribution < -0.4 is 10.5 Å². The second-order valence-electron chi connectivity index (χ2n) is 3.61. The monoisotopic (exact) mass is 311 g/mol. The smallest absolute Gasteiger partial charge is 0.139 e. The lowest BCUT2D eigenvalue weighted by molar-refractivity contribution is 0.306. The molecule has 0 aliphatic rings. The highest BCUT2D eigenvalue weighted by molar-refractivity contribution is 9.10. The van der Waals surface area contributed by atoms with Crippen LogP contribution in [0.2, 0.25) is 5.02 Å². The van der Waals surface area contributed by atoms with Crippen LogP contribution in [0.1, 0.15) is 5.56 Å². The molecule has 2 rings (SSSR count). The van der Waals surface area contributed by atoms with E-state index in [9.17, 15) is 0 Å². The third kappa shape index (κ3) is 3.38. The molecule has 0 saturated heterocycles. The van der Waals surface area contributed by atoms with E-state index in [2.05, 4.69) is 15.9 Å². The average Bonchev–Trinajstić information content (AvgIpc) is 2.32. The van der Waals surface area contributed by atoms with Gasteiger partial charge in [0, 0.05) is 10.2 Å². The van der Waals surface area contributed by atoms with Gasteiger partial charge >= 0.3 is 0 Å². The van der Waals surface area contributed by atoms with Crippen LogP contribution in [-0.2, 0) is 6.61 Å². The number of nitrogens with two attached hydrogens (primary N) is 1. The minimum atomic E-state index is 0.469. The first-order chi connectivity index (χ1) is 8.15. The van der Waals surface area contributed by atoms with Crippen molar-refractivity contribution in [1.82, 2.24) is 0 Å². The van der Waals surface area contributed by atoms with E-state index in [1.54, 1.807) is 6.07 Å². The maximum absolute atomic E-state index is 6.02. The number of hydrogen-bond acceptors (Lipinski definition) is 2. The molecule has 0 aromatic heterocycles. The van der Waals surface area contributed by atoms with Gasteiger partial charge in [-0.15, -0.1) is 0 Å². The lowest BCUT2D eigenvalue weighted by Crippen LogP contribution is -1.96. The van der Waals surface area contributed by atoms with Crippen molar-refractivity contribution >= 4 is 33.2 Å². The van der Waals surface area contributed by atoms with Crippen molar-refractivity contribution in [2.45, 2.75) is 6.61 Å². The van der Waals surface area contributed by atoms with Gasteiger partial charge in [-0.1, -0.05) is 39.7 Å². The molecule has 88 valence electrons. The van der Waals surface area contributed by atoms with Gasteiger partial charge in [0.15, 0.2) is 0 Å². The van der Waals surface area contributed by atoms with Gasteiger partial charge < -0.3 is 10.5 Å². The molecule has 0 unspecified atom stereocenters. The van der Waals surface area contributed by atoms with Crippen LogP contribution in [0.15, 0.2) is 46.9 Å². The van der Waals surface area contributed by atoms with Crippen LogP contribution >= 0.6 is 27.5 Å². The van der Waals surface area contributed by atoms with E-state index in [-0.39, 0.29) is 0 Å². The molecule has 2 nitrogen and oxygen atoms in total. The molecule has 0 amide bonds. The van der Waals surface area contributed by atoms with Crippen molar-refractivity contribution in [3.63, 3.8) is 0 Å². The molecule has 4 heteroatoms. The number of ether oxygens (including phenoxy) is 1. The molecule has 0 spiro atoms. The van der Waals surface area contributed by atoms with Crippen LogP contribution in [0, 0.1) is 0 Å². The Kier molecular flexibility index (Phi) is 3.92. The summed E-state index contributed by atoms with van der Waals surface area (Å²) in [6.45, 7) is 0.469. The van der Waals surface area contributed by atoms with Crippen LogP contribution in [0.25, 0.3) is 0 Å². The third-order valence-corrected chi connectivity index (χ3v) is 3.07. The fourth-order valence-electron chi connectivity index (χ4n) is 1.36. The van der Waals surface area contributed by atoms with Crippen molar-refractivity contribution in [3.05, 3.63) is 57.5 Å². The Morgan fingerprint density at radius 1 is 1.12 bits per heavy atom. The summed E-state index contributed by atoms with van der Waals surface area (Å²) in [6.07, 6.45) is 0. The number of rotatable bonds is 3. The van der Waals surface area contributed by atoms with Crippen LogP contribution in [0.5, 0.6) is 5.75 Å². The molecular weight excluding hydrogens is 302 g/mol. The summed E-state index contributed by atoms with van der Waals surface area (Å²) in [7, 11) is 0. The van der Waals surface area contributed by atoms with E-state index in [0.717, 1.165) is 15.7 Å². The summed E-state index contributed by atoms with van der Waals surface area (Å²) < 4.78 is 6.58. The molecule has 0 aliphatic carbocycles. The van der Waals surface area contributed by atoms with Crippen molar-refractivity contribution in [2.24, 2.45) is 0 Å². The summed E-state index contributed by atoms with van der Waals surface area (Å²) >= 11 is 9.40. The van der Waals surface area contributed by atoms with Gasteiger partial charge in [-0.05, 0) is 35.9 Å². The Labute approximate surface area is 113 Å². The van der Waals surface area contributed by atoms with Crippen LogP contribution in [-0.4, -0.2) is 0 Å². The quantitative estimate of drug-likeness (QED) is 0.859. The zero-order valence-electron chi connectivity index (χ0n) is 8.99. The van der Waals surface area contributed by atoms with Gasteiger partial charge in [-0.25, -0.2) is 0 Å². The summed E-state index contributed by atoms with van der Waals surface area (Å²) in [4.78, 5) is 0. The Hall–Kier alpha value is -1.19. The van der Waals surface area contributed by atoms with Gasteiger partial charge in [0.1, 0.15) is 12.4 Å². The van der Waals surface area contributed by atoms with Crippen LogP contribution in [0.4, 0.5) is 5.69 Å². The van der Waals surface area contributed by atoms with Gasteiger partial charge in [0.2, 0.25) is 0 Å². The lowest BCUT2D eigenvalue weighted by Gasteiger charge is -2.08. The molecule has 0 atom stereocenters. The molecule has 0 fully saturated rings. The normalized spacial score (nSPS) is 10.2. The van der Waals surface area contributed by atoms with Crippen LogP contribution in [0.3, 0.4) is 0 Å². The predicted octanol–water partition coefficient (Wildman–Crippen LogP) is 4.26. The molecule has 0 radical (unpaired) electrons. The molecule has 2 N–H and O–H groups in total. The molecule has 2 aromatic carbocycles. The predicted molar refractivity (Wildman–Crippen MR) is 74.3 cm³/mol. The molecule has 17 heavy (non-hydrogen) atoms. The number of halogens is 2. The highest BCUT2D eigenvalue weighted by atomic mass is 79.9. The minimum Gasteiger partial charge on any atom is -0.487 e. The van der Waals surface area contributed by atoms with E-state index < -0.39 is 0 Å². The fourth-order valence-corrected chi connectivity index (χ4v) is 1.87. The molecular formula is C13H11BrClNO. The Morgan fingerprint density at radius 2 is 1.82 bits per heavy atom. The first-order valence-corrected chi connectivity index (χ1v) is 6.24. The van der Waals surface area contributed by atoms with E-state index >= 15 is 0 Å². The Balaban J connectivity index is 2.07. The summed E-state index contributed by atoms with van der Waals surface area (Å²) in [5.74, 6) is 0.665. The maximum atomic E-state index is 6.02. The molecule has 2 aromatic rings. The standard InChI is InChI=1S/C13H11BrClNO/c14-10-3-6-12(15)13(7-10)17-8-9-1-4-11(16)5-2-9/h1-7H,8,16H2. The molecule has 0 heterocycles. The summed E-state index contributed by atoms with van der Waals surface area (Å²) in [5.41, 5.74) is 7.41. The zero-order valence-corrected chi connectivity index (χ0v) is 11.3. The van der Waals surface area contributed by atoms with E-state index in [4.69, 9.17) is 22.1 Å². The van der Waals surface area contributed by atoms with Gasteiger partial charge in [-0.2, -0.15) is 0 Å². The second kappa shape index (κ2) is 5.43. The van der Waals surface area contributed by atoms with Crippen molar-refractivity contribution in [1.29, 1.82) is 0 Å². The van der Waals surface area contributed by atoms with Gasteiger partial charge in [0.25, 0.3) is 0 Å². The molecule has 0 aliphatic heterocycles. The van der Waals surface area contributed by atoms with Crippen molar-refractivity contribution in [3.8, 4) is 5.75 Å². The SMILES string of the molecule is Nc1ccc(COc2cc(Br)ccc2Cl)cc1. The number of hydrogen-bond donors (Lipinski definition) is 1. The largest absolute Gasteiger partial charge is 0.487 e. The second-order valence-corrected chi connectivity index (χ2v) is 4.93. The topological polar surface area (TPSA) is 35.2 Å². The fraction of sp³-hybridized carbons (Fsp3) is 0.0769. The lowest BCUT2D eigenvalue weighted by atomic mass is 10.2. The number of benzene rings is 2. The van der Waals surface area contributed by atoms with E-state index in [1.165, 1.54) is 0 Å². The van der Waals surface area contributed by atoms with E-state index in [1.807, 2.05) is 36.4 Å². The first-order valence-electron chi connectivity index (χ1n) is 5.07. The zero-order chi connectivity index (χ0) is 12.3. The number of nitrogen functional groups attached to an aromatic ring is 1.